The molecule has 0 spiro atoms. The predicted molar refractivity (Wildman–Crippen MR) is 97.5 cm³/mol. The Morgan fingerprint density at radius 2 is 1.04 bits per heavy atom. The fourth-order valence-corrected chi connectivity index (χ4v) is 2.77. The fraction of sp³-hybridized carbons (Fsp3) is 0.842. The van der Waals surface area contributed by atoms with E-state index in [1.165, 1.54) is 57.8 Å². The van der Waals surface area contributed by atoms with Crippen molar-refractivity contribution in [2.24, 2.45) is 0 Å². The summed E-state index contributed by atoms with van der Waals surface area (Å²) in [5.41, 5.74) is 0. The van der Waals surface area contributed by atoms with Crippen LogP contribution in [0.1, 0.15) is 96.8 Å². The van der Waals surface area contributed by atoms with Gasteiger partial charge in [-0.1, -0.05) is 84.0 Å². The van der Waals surface area contributed by atoms with Crippen LogP contribution in [-0.4, -0.2) is 34.1 Å². The van der Waals surface area contributed by atoms with Gasteiger partial charge in [-0.3, -0.25) is 4.79 Å². The molecule has 6 heteroatoms. The van der Waals surface area contributed by atoms with Crippen molar-refractivity contribution in [1.29, 1.82) is 0 Å². The highest BCUT2D eigenvalue weighted by molar-refractivity contribution is 6.00. The lowest BCUT2D eigenvalue weighted by Crippen LogP contribution is -2.46. The third-order valence-corrected chi connectivity index (χ3v) is 4.31. The topological polar surface area (TPSA) is 104 Å². The number of nitrogens with one attached hydrogen (secondary N) is 1. The lowest BCUT2D eigenvalue weighted by atomic mass is 10.0. The summed E-state index contributed by atoms with van der Waals surface area (Å²) in [6.07, 6.45) is 15.8. The highest BCUT2D eigenvalue weighted by atomic mass is 16.4. The number of rotatable bonds is 17. The van der Waals surface area contributed by atoms with E-state index in [2.05, 4.69) is 6.92 Å². The van der Waals surface area contributed by atoms with E-state index in [9.17, 15) is 14.4 Å². The van der Waals surface area contributed by atoms with Gasteiger partial charge in [-0.25, -0.2) is 9.59 Å². The quantitative estimate of drug-likeness (QED) is 0.268. The van der Waals surface area contributed by atoms with Crippen molar-refractivity contribution in [3.63, 3.8) is 0 Å². The van der Waals surface area contributed by atoms with Crippen molar-refractivity contribution in [3.8, 4) is 0 Å². The molecule has 0 aromatic heterocycles. The predicted octanol–water partition coefficient (Wildman–Crippen LogP) is 4.12. The fourth-order valence-electron chi connectivity index (χ4n) is 2.77. The Kier molecular flexibility index (Phi) is 14.9. The first kappa shape index (κ1) is 23.4. The Bertz CT molecular complexity index is 370. The normalized spacial score (nSPS) is 10.8. The summed E-state index contributed by atoms with van der Waals surface area (Å²) in [7, 11) is 0. The number of aliphatic carboxylic acids is 2. The number of hydrogen-bond donors (Lipinski definition) is 3. The molecule has 0 atom stereocenters. The van der Waals surface area contributed by atoms with Crippen molar-refractivity contribution in [3.05, 3.63) is 0 Å². The zero-order valence-corrected chi connectivity index (χ0v) is 15.6. The summed E-state index contributed by atoms with van der Waals surface area (Å²) in [6.45, 7) is 2.23. The van der Waals surface area contributed by atoms with Crippen LogP contribution in [-0.2, 0) is 14.4 Å². The molecule has 146 valence electrons. The number of unbranched alkanes of at least 4 members (excludes halogenated alkanes) is 12. The maximum absolute atomic E-state index is 11.5. The average molecular weight is 357 g/mol. The van der Waals surface area contributed by atoms with Crippen molar-refractivity contribution in [2.45, 2.75) is 103 Å². The van der Waals surface area contributed by atoms with Gasteiger partial charge in [0, 0.05) is 6.42 Å². The lowest BCUT2D eigenvalue weighted by molar-refractivity contribution is -0.153. The van der Waals surface area contributed by atoms with Crippen LogP contribution in [0.2, 0.25) is 0 Å². The van der Waals surface area contributed by atoms with Gasteiger partial charge in [0.1, 0.15) is 0 Å². The molecule has 25 heavy (non-hydrogen) atoms. The molecule has 1 amide bonds. The van der Waals surface area contributed by atoms with E-state index >= 15 is 0 Å². The molecule has 0 fully saturated rings. The van der Waals surface area contributed by atoms with Crippen LogP contribution in [0.4, 0.5) is 0 Å². The molecule has 0 aliphatic carbocycles. The second-order valence-corrected chi connectivity index (χ2v) is 6.67. The zero-order chi connectivity index (χ0) is 18.9. The maximum atomic E-state index is 11.5. The SMILES string of the molecule is CCCCCCCCCCCCCCCC(=O)NC(C(=O)O)C(=O)O. The van der Waals surface area contributed by atoms with Gasteiger partial charge in [-0.2, -0.15) is 0 Å². The van der Waals surface area contributed by atoms with E-state index in [-0.39, 0.29) is 6.42 Å². The van der Waals surface area contributed by atoms with E-state index in [0.29, 0.717) is 6.42 Å². The first-order valence-electron chi connectivity index (χ1n) is 9.74. The number of carbonyl (C=O) groups is 3. The lowest BCUT2D eigenvalue weighted by Gasteiger charge is -2.09. The molecule has 0 aliphatic rings. The molecular formula is C19H35NO5. The molecule has 0 heterocycles. The maximum Gasteiger partial charge on any atom is 0.338 e. The molecule has 0 radical (unpaired) electrons. The van der Waals surface area contributed by atoms with Gasteiger partial charge < -0.3 is 15.5 Å². The first-order chi connectivity index (χ1) is 12.0. The third kappa shape index (κ3) is 14.5. The number of amides is 1. The Hall–Kier alpha value is -1.59. The highest BCUT2D eigenvalue weighted by Gasteiger charge is 2.27. The number of carbonyl (C=O) groups excluding carboxylic acids is 1. The van der Waals surface area contributed by atoms with E-state index < -0.39 is 23.9 Å². The summed E-state index contributed by atoms with van der Waals surface area (Å²) >= 11 is 0. The summed E-state index contributed by atoms with van der Waals surface area (Å²) in [5, 5.41) is 19.4. The molecule has 0 aromatic carbocycles. The van der Waals surface area contributed by atoms with Crippen LogP contribution >= 0.6 is 0 Å². The van der Waals surface area contributed by atoms with Crippen LogP contribution < -0.4 is 5.32 Å². The molecule has 3 N–H and O–H groups in total. The standard InChI is InChI=1S/C19H35NO5/c1-2-3-4-5-6-7-8-9-10-11-12-13-14-15-16(21)20-17(18(22)23)19(24)25/h17H,2-15H2,1H3,(H,20,21)(H,22,23)(H,24,25). The summed E-state index contributed by atoms with van der Waals surface area (Å²) in [6, 6.07) is -1.85. The van der Waals surface area contributed by atoms with Crippen LogP contribution in [0, 0.1) is 0 Å². The van der Waals surface area contributed by atoms with Crippen LogP contribution in [0.5, 0.6) is 0 Å². The number of hydrogen-bond acceptors (Lipinski definition) is 3. The second kappa shape index (κ2) is 15.9. The Morgan fingerprint density at radius 1 is 0.680 bits per heavy atom. The van der Waals surface area contributed by atoms with Crippen LogP contribution in [0.3, 0.4) is 0 Å². The third-order valence-electron chi connectivity index (χ3n) is 4.31. The van der Waals surface area contributed by atoms with E-state index in [1.54, 1.807) is 0 Å². The molecule has 0 rings (SSSR count). The van der Waals surface area contributed by atoms with Crippen LogP contribution in [0.25, 0.3) is 0 Å². The summed E-state index contributed by atoms with van der Waals surface area (Å²) in [4.78, 5) is 32.9. The van der Waals surface area contributed by atoms with E-state index in [4.69, 9.17) is 10.2 Å². The molecule has 0 saturated carbocycles. The molecule has 0 aliphatic heterocycles. The molecule has 0 saturated heterocycles. The molecule has 0 unspecified atom stereocenters. The second-order valence-electron chi connectivity index (χ2n) is 6.67. The number of carboxylic acid groups (broad SMARTS) is 2. The minimum absolute atomic E-state index is 0.175. The van der Waals surface area contributed by atoms with Crippen LogP contribution in [0.15, 0.2) is 0 Å². The minimum Gasteiger partial charge on any atom is -0.479 e. The Morgan fingerprint density at radius 3 is 1.40 bits per heavy atom. The van der Waals surface area contributed by atoms with E-state index in [1.807, 2.05) is 5.32 Å². The van der Waals surface area contributed by atoms with Gasteiger partial charge in [0.2, 0.25) is 11.9 Å². The Balaban J connectivity index is 3.42. The van der Waals surface area contributed by atoms with Gasteiger partial charge in [-0.05, 0) is 6.42 Å². The van der Waals surface area contributed by atoms with Gasteiger partial charge in [0.15, 0.2) is 0 Å². The molecule has 0 bridgehead atoms. The number of carboxylic acids is 2. The molecular weight excluding hydrogens is 322 g/mol. The van der Waals surface area contributed by atoms with Gasteiger partial charge in [0.05, 0.1) is 0 Å². The van der Waals surface area contributed by atoms with Gasteiger partial charge in [-0.15, -0.1) is 0 Å². The Labute approximate surface area is 151 Å². The minimum atomic E-state index is -1.85. The smallest absolute Gasteiger partial charge is 0.338 e. The molecule has 0 aromatic rings. The van der Waals surface area contributed by atoms with Crippen molar-refractivity contribution >= 4 is 17.8 Å². The van der Waals surface area contributed by atoms with Gasteiger partial charge >= 0.3 is 11.9 Å². The van der Waals surface area contributed by atoms with Gasteiger partial charge in [0.25, 0.3) is 0 Å². The largest absolute Gasteiger partial charge is 0.479 e. The first-order valence-corrected chi connectivity index (χ1v) is 9.74. The van der Waals surface area contributed by atoms with E-state index in [0.717, 1.165) is 19.3 Å². The summed E-state index contributed by atoms with van der Waals surface area (Å²) in [5.74, 6) is -3.62. The molecule has 6 nitrogen and oxygen atoms in total. The van der Waals surface area contributed by atoms with Crippen molar-refractivity contribution in [2.75, 3.05) is 0 Å². The zero-order valence-electron chi connectivity index (χ0n) is 15.6. The highest BCUT2D eigenvalue weighted by Crippen LogP contribution is 2.12. The van der Waals surface area contributed by atoms with Crippen molar-refractivity contribution in [1.82, 2.24) is 5.32 Å². The monoisotopic (exact) mass is 357 g/mol. The summed E-state index contributed by atoms with van der Waals surface area (Å²) < 4.78 is 0. The van der Waals surface area contributed by atoms with Crippen molar-refractivity contribution < 1.29 is 24.6 Å². The average Bonchev–Trinajstić information content (AvgIpc) is 2.56.